The van der Waals surface area contributed by atoms with Crippen molar-refractivity contribution < 1.29 is 18.4 Å². The first-order chi connectivity index (χ1) is 12.3. The molecule has 26 heavy (non-hydrogen) atoms. The Balaban J connectivity index is 1.69. The number of nitrogens with one attached hydrogen (secondary N) is 2. The van der Waals surface area contributed by atoms with Gasteiger partial charge in [0.2, 0.25) is 11.8 Å². The second-order valence-corrected chi connectivity index (χ2v) is 6.89. The lowest BCUT2D eigenvalue weighted by atomic mass is 10.0. The van der Waals surface area contributed by atoms with Crippen molar-refractivity contribution in [3.63, 3.8) is 0 Å². The zero-order valence-corrected chi connectivity index (χ0v) is 14.6. The molecule has 1 aliphatic rings. The van der Waals surface area contributed by atoms with E-state index in [4.69, 9.17) is 0 Å². The Kier molecular flexibility index (Phi) is 4.76. The van der Waals surface area contributed by atoms with Crippen molar-refractivity contribution in [3.8, 4) is 0 Å². The monoisotopic (exact) mass is 358 g/mol. The first-order valence-corrected chi connectivity index (χ1v) is 8.50. The van der Waals surface area contributed by atoms with Gasteiger partial charge in [-0.2, -0.15) is 0 Å². The lowest BCUT2D eigenvalue weighted by Crippen LogP contribution is -2.35. The second-order valence-electron chi connectivity index (χ2n) is 6.89. The highest BCUT2D eigenvalue weighted by Crippen LogP contribution is 2.47. The Hall–Kier alpha value is -2.76. The minimum absolute atomic E-state index is 0.142. The van der Waals surface area contributed by atoms with Crippen LogP contribution in [0.1, 0.15) is 38.2 Å². The molecule has 2 N–H and O–H groups in total. The van der Waals surface area contributed by atoms with E-state index in [1.165, 1.54) is 0 Å². The van der Waals surface area contributed by atoms with Crippen molar-refractivity contribution in [1.29, 1.82) is 0 Å². The Morgan fingerprint density at radius 1 is 0.962 bits per heavy atom. The van der Waals surface area contributed by atoms with Crippen LogP contribution in [0.25, 0.3) is 0 Å². The van der Waals surface area contributed by atoms with Gasteiger partial charge in [0.05, 0.1) is 5.69 Å². The summed E-state index contributed by atoms with van der Waals surface area (Å²) in [6.45, 7) is 4.15. The highest BCUT2D eigenvalue weighted by atomic mass is 19.1. The van der Waals surface area contributed by atoms with Crippen LogP contribution in [0.15, 0.2) is 42.5 Å². The van der Waals surface area contributed by atoms with Crippen LogP contribution in [-0.4, -0.2) is 11.8 Å². The second kappa shape index (κ2) is 6.86. The van der Waals surface area contributed by atoms with E-state index < -0.39 is 28.9 Å². The molecule has 0 unspecified atom stereocenters. The molecule has 1 fully saturated rings. The van der Waals surface area contributed by atoms with Crippen molar-refractivity contribution in [2.75, 3.05) is 10.6 Å². The average molecular weight is 358 g/mol. The van der Waals surface area contributed by atoms with E-state index in [1.54, 1.807) is 12.1 Å². The van der Waals surface area contributed by atoms with Crippen LogP contribution >= 0.6 is 0 Å². The number of halogens is 2. The lowest BCUT2D eigenvalue weighted by Gasteiger charge is -2.16. The molecule has 0 bridgehead atoms. The maximum Gasteiger partial charge on any atom is 0.240 e. The zero-order valence-electron chi connectivity index (χ0n) is 14.6. The first kappa shape index (κ1) is 18.0. The summed E-state index contributed by atoms with van der Waals surface area (Å²) in [4.78, 5) is 25.0. The van der Waals surface area contributed by atoms with E-state index in [1.807, 2.05) is 12.1 Å². The Bertz CT molecular complexity index is 843. The Morgan fingerprint density at radius 3 is 2.12 bits per heavy atom. The van der Waals surface area contributed by atoms with E-state index in [2.05, 4.69) is 24.5 Å². The van der Waals surface area contributed by atoms with Crippen LogP contribution in [0, 0.1) is 17.0 Å². The molecule has 0 spiro atoms. The van der Waals surface area contributed by atoms with Gasteiger partial charge in [0.1, 0.15) is 17.0 Å². The molecule has 1 aliphatic carbocycles. The normalized spacial score (nSPS) is 14.8. The molecule has 2 aromatic carbocycles. The van der Waals surface area contributed by atoms with Crippen LogP contribution in [0.5, 0.6) is 0 Å². The van der Waals surface area contributed by atoms with Gasteiger partial charge in [-0.1, -0.05) is 26.0 Å². The van der Waals surface area contributed by atoms with E-state index in [0.29, 0.717) is 30.5 Å². The summed E-state index contributed by atoms with van der Waals surface area (Å²) >= 11 is 0. The molecule has 136 valence electrons. The number of amides is 2. The smallest absolute Gasteiger partial charge is 0.240 e. The van der Waals surface area contributed by atoms with E-state index in [-0.39, 0.29) is 5.69 Å². The van der Waals surface area contributed by atoms with E-state index in [0.717, 1.165) is 17.7 Å². The van der Waals surface area contributed by atoms with Crippen LogP contribution in [0.2, 0.25) is 0 Å². The van der Waals surface area contributed by atoms with Gasteiger partial charge in [-0.05, 0) is 48.6 Å². The van der Waals surface area contributed by atoms with E-state index >= 15 is 0 Å². The van der Waals surface area contributed by atoms with Crippen molar-refractivity contribution in [2.45, 2.75) is 32.6 Å². The molecule has 0 heterocycles. The first-order valence-electron chi connectivity index (χ1n) is 8.50. The third-order valence-electron chi connectivity index (χ3n) is 4.63. The summed E-state index contributed by atoms with van der Waals surface area (Å²) in [6, 6.07) is 10.3. The van der Waals surface area contributed by atoms with Gasteiger partial charge in [-0.15, -0.1) is 0 Å². The summed E-state index contributed by atoms with van der Waals surface area (Å²) < 4.78 is 26.7. The summed E-state index contributed by atoms with van der Waals surface area (Å²) in [5.41, 5.74) is 0.397. The fourth-order valence-corrected chi connectivity index (χ4v) is 2.72. The van der Waals surface area contributed by atoms with Gasteiger partial charge < -0.3 is 10.6 Å². The van der Waals surface area contributed by atoms with Crippen LogP contribution < -0.4 is 10.6 Å². The molecule has 0 saturated heterocycles. The van der Waals surface area contributed by atoms with Gasteiger partial charge in [-0.3, -0.25) is 9.59 Å². The summed E-state index contributed by atoms with van der Waals surface area (Å²) in [5.74, 6) is -2.23. The molecule has 1 saturated carbocycles. The number of hydrogen-bond acceptors (Lipinski definition) is 2. The SMILES string of the molecule is CC(C)c1ccc(NC(=O)C2(C(=O)Nc3ccc(F)cc3F)CC2)cc1. The largest absolute Gasteiger partial charge is 0.325 e. The molecule has 4 nitrogen and oxygen atoms in total. The number of anilines is 2. The van der Waals surface area contributed by atoms with Crippen molar-refractivity contribution in [3.05, 3.63) is 59.7 Å². The Morgan fingerprint density at radius 2 is 1.58 bits per heavy atom. The molecule has 2 amide bonds. The summed E-state index contributed by atoms with van der Waals surface area (Å²) in [5, 5.41) is 5.14. The fourth-order valence-electron chi connectivity index (χ4n) is 2.72. The third kappa shape index (κ3) is 3.59. The highest BCUT2D eigenvalue weighted by molar-refractivity contribution is 6.16. The van der Waals surface area contributed by atoms with Crippen LogP contribution in [0.3, 0.4) is 0 Å². The zero-order chi connectivity index (χ0) is 18.9. The standard InChI is InChI=1S/C20H20F2N2O2/c1-12(2)13-3-6-15(7-4-13)23-18(25)20(9-10-20)19(26)24-17-8-5-14(21)11-16(17)22/h3-8,11-12H,9-10H2,1-2H3,(H,23,25)(H,24,26). The van der Waals surface area contributed by atoms with Crippen LogP contribution in [-0.2, 0) is 9.59 Å². The minimum atomic E-state index is -1.21. The fraction of sp³-hybridized carbons (Fsp3) is 0.300. The molecule has 0 atom stereocenters. The average Bonchev–Trinajstić information content (AvgIpc) is 3.40. The number of hydrogen-bond donors (Lipinski definition) is 2. The van der Waals surface area contributed by atoms with Crippen molar-refractivity contribution in [1.82, 2.24) is 0 Å². The highest BCUT2D eigenvalue weighted by Gasteiger charge is 2.56. The molecule has 6 heteroatoms. The van der Waals surface area contributed by atoms with Crippen molar-refractivity contribution in [2.24, 2.45) is 5.41 Å². The lowest BCUT2D eigenvalue weighted by molar-refractivity contribution is -0.131. The predicted octanol–water partition coefficient (Wildman–Crippen LogP) is 4.45. The maximum absolute atomic E-state index is 13.7. The van der Waals surface area contributed by atoms with E-state index in [9.17, 15) is 18.4 Å². The molecular formula is C20H20F2N2O2. The number of rotatable bonds is 5. The third-order valence-corrected chi connectivity index (χ3v) is 4.63. The number of benzene rings is 2. The van der Waals surface area contributed by atoms with Gasteiger partial charge in [0.15, 0.2) is 0 Å². The van der Waals surface area contributed by atoms with Gasteiger partial charge in [0.25, 0.3) is 0 Å². The maximum atomic E-state index is 13.7. The summed E-state index contributed by atoms with van der Waals surface area (Å²) in [7, 11) is 0. The molecule has 0 radical (unpaired) electrons. The summed E-state index contributed by atoms with van der Waals surface area (Å²) in [6.07, 6.45) is 0.773. The Labute approximate surface area is 150 Å². The minimum Gasteiger partial charge on any atom is -0.325 e. The molecular weight excluding hydrogens is 338 g/mol. The van der Waals surface area contributed by atoms with Gasteiger partial charge in [0, 0.05) is 11.8 Å². The molecule has 2 aromatic rings. The predicted molar refractivity (Wildman–Crippen MR) is 95.8 cm³/mol. The topological polar surface area (TPSA) is 58.2 Å². The van der Waals surface area contributed by atoms with Gasteiger partial charge >= 0.3 is 0 Å². The number of carbonyl (C=O) groups is 2. The van der Waals surface area contributed by atoms with Gasteiger partial charge in [-0.25, -0.2) is 8.78 Å². The molecule has 0 aliphatic heterocycles. The quantitative estimate of drug-likeness (QED) is 0.776. The van der Waals surface area contributed by atoms with Crippen LogP contribution in [0.4, 0.5) is 20.2 Å². The number of carbonyl (C=O) groups excluding carboxylic acids is 2. The molecule has 3 rings (SSSR count). The van der Waals surface area contributed by atoms with Crippen molar-refractivity contribution >= 4 is 23.2 Å². The molecule has 0 aromatic heterocycles.